The van der Waals surface area contributed by atoms with E-state index in [0.717, 1.165) is 12.1 Å². The maximum absolute atomic E-state index is 4.50. The molecule has 2 aromatic rings. The van der Waals surface area contributed by atoms with Crippen molar-refractivity contribution in [3.05, 3.63) is 48.3 Å². The van der Waals surface area contributed by atoms with Crippen LogP contribution in [0.4, 0.5) is 0 Å². The second kappa shape index (κ2) is 7.25. The lowest BCUT2D eigenvalue weighted by Gasteiger charge is -2.22. The summed E-state index contributed by atoms with van der Waals surface area (Å²) >= 11 is 0. The Labute approximate surface area is 122 Å². The minimum absolute atomic E-state index is 0.359. The fourth-order valence-corrected chi connectivity index (χ4v) is 2.49. The Balaban J connectivity index is 2.27. The zero-order valence-corrected chi connectivity index (χ0v) is 12.7. The standard InChI is InChI=1S/C17H25N3/c1-4-5-11-16(19-14(2)3)17-12-13-18-20(17)15-9-7-6-8-10-15/h6-10,12-14,16,19H,4-5,11H2,1-3H3. The van der Waals surface area contributed by atoms with E-state index in [0.29, 0.717) is 12.1 Å². The van der Waals surface area contributed by atoms with Crippen molar-refractivity contribution in [2.75, 3.05) is 0 Å². The molecule has 0 saturated carbocycles. The van der Waals surface area contributed by atoms with Gasteiger partial charge < -0.3 is 5.32 Å². The van der Waals surface area contributed by atoms with Gasteiger partial charge in [0.05, 0.1) is 11.4 Å². The molecule has 20 heavy (non-hydrogen) atoms. The van der Waals surface area contributed by atoms with E-state index in [9.17, 15) is 0 Å². The van der Waals surface area contributed by atoms with Gasteiger partial charge in [-0.3, -0.25) is 0 Å². The third-order valence-corrected chi connectivity index (χ3v) is 3.41. The minimum Gasteiger partial charge on any atom is -0.306 e. The lowest BCUT2D eigenvalue weighted by Crippen LogP contribution is -2.29. The molecule has 0 saturated heterocycles. The molecule has 1 aromatic carbocycles. The largest absolute Gasteiger partial charge is 0.306 e. The van der Waals surface area contributed by atoms with E-state index in [1.165, 1.54) is 18.5 Å². The van der Waals surface area contributed by atoms with Crippen molar-refractivity contribution in [3.8, 4) is 5.69 Å². The molecule has 3 heteroatoms. The van der Waals surface area contributed by atoms with Gasteiger partial charge in [-0.2, -0.15) is 5.10 Å². The van der Waals surface area contributed by atoms with E-state index in [-0.39, 0.29) is 0 Å². The normalized spacial score (nSPS) is 12.8. The molecule has 0 aliphatic rings. The van der Waals surface area contributed by atoms with Crippen LogP contribution in [0.5, 0.6) is 0 Å². The molecular weight excluding hydrogens is 246 g/mol. The Morgan fingerprint density at radius 3 is 2.55 bits per heavy atom. The molecule has 1 N–H and O–H groups in total. The number of rotatable bonds is 7. The number of nitrogens with one attached hydrogen (secondary N) is 1. The van der Waals surface area contributed by atoms with Crippen molar-refractivity contribution in [1.29, 1.82) is 0 Å². The van der Waals surface area contributed by atoms with Gasteiger partial charge in [0.15, 0.2) is 0 Å². The zero-order valence-electron chi connectivity index (χ0n) is 12.7. The lowest BCUT2D eigenvalue weighted by atomic mass is 10.1. The average molecular weight is 271 g/mol. The van der Waals surface area contributed by atoms with Crippen molar-refractivity contribution < 1.29 is 0 Å². The van der Waals surface area contributed by atoms with Crippen LogP contribution in [0.25, 0.3) is 5.69 Å². The topological polar surface area (TPSA) is 29.9 Å². The molecule has 0 bridgehead atoms. The van der Waals surface area contributed by atoms with Crippen LogP contribution in [0, 0.1) is 0 Å². The molecule has 3 nitrogen and oxygen atoms in total. The molecule has 0 amide bonds. The van der Waals surface area contributed by atoms with Crippen LogP contribution in [-0.4, -0.2) is 15.8 Å². The summed E-state index contributed by atoms with van der Waals surface area (Å²) in [6, 6.07) is 13.3. The Hall–Kier alpha value is -1.61. The molecule has 1 aromatic heterocycles. The predicted molar refractivity (Wildman–Crippen MR) is 84.1 cm³/mol. The summed E-state index contributed by atoms with van der Waals surface area (Å²) in [7, 11) is 0. The monoisotopic (exact) mass is 271 g/mol. The van der Waals surface area contributed by atoms with E-state index >= 15 is 0 Å². The third kappa shape index (κ3) is 3.70. The molecule has 1 unspecified atom stereocenters. The first kappa shape index (κ1) is 14.8. The first-order chi connectivity index (χ1) is 9.72. The molecule has 0 aliphatic carbocycles. The number of hydrogen-bond acceptors (Lipinski definition) is 2. The maximum Gasteiger partial charge on any atom is 0.0649 e. The summed E-state index contributed by atoms with van der Waals surface area (Å²) in [5.74, 6) is 0. The van der Waals surface area contributed by atoms with Gasteiger partial charge in [0, 0.05) is 18.3 Å². The van der Waals surface area contributed by atoms with Gasteiger partial charge in [0.1, 0.15) is 0 Å². The van der Waals surface area contributed by atoms with E-state index in [1.54, 1.807) is 0 Å². The summed E-state index contributed by atoms with van der Waals surface area (Å²) in [6.07, 6.45) is 5.48. The smallest absolute Gasteiger partial charge is 0.0649 e. The van der Waals surface area contributed by atoms with Crippen LogP contribution in [0.1, 0.15) is 51.8 Å². The molecule has 0 fully saturated rings. The van der Waals surface area contributed by atoms with Gasteiger partial charge in [0.2, 0.25) is 0 Å². The van der Waals surface area contributed by atoms with Crippen LogP contribution in [0.15, 0.2) is 42.6 Å². The number of aromatic nitrogens is 2. The average Bonchev–Trinajstić information content (AvgIpc) is 2.93. The Morgan fingerprint density at radius 2 is 1.90 bits per heavy atom. The van der Waals surface area contributed by atoms with Crippen molar-refractivity contribution in [3.63, 3.8) is 0 Å². The summed E-state index contributed by atoms with van der Waals surface area (Å²) in [5.41, 5.74) is 2.37. The van der Waals surface area contributed by atoms with E-state index < -0.39 is 0 Å². The molecule has 0 radical (unpaired) electrons. The van der Waals surface area contributed by atoms with E-state index in [1.807, 2.05) is 12.3 Å². The minimum atomic E-state index is 0.359. The fraction of sp³-hybridized carbons (Fsp3) is 0.471. The second-order valence-corrected chi connectivity index (χ2v) is 5.52. The predicted octanol–water partition coefficient (Wildman–Crippen LogP) is 4.10. The van der Waals surface area contributed by atoms with Gasteiger partial charge in [-0.05, 0) is 24.6 Å². The summed E-state index contributed by atoms with van der Waals surface area (Å²) in [5, 5.41) is 8.17. The third-order valence-electron chi connectivity index (χ3n) is 3.41. The van der Waals surface area contributed by atoms with Crippen LogP contribution in [-0.2, 0) is 0 Å². The number of unbranched alkanes of at least 4 members (excludes halogenated alkanes) is 1. The second-order valence-electron chi connectivity index (χ2n) is 5.52. The summed E-state index contributed by atoms with van der Waals surface area (Å²) in [6.45, 7) is 6.63. The number of nitrogens with zero attached hydrogens (tertiary/aromatic N) is 2. The van der Waals surface area contributed by atoms with Crippen molar-refractivity contribution in [2.24, 2.45) is 0 Å². The zero-order chi connectivity index (χ0) is 14.4. The number of hydrogen-bond donors (Lipinski definition) is 1. The molecule has 1 heterocycles. The van der Waals surface area contributed by atoms with E-state index in [2.05, 4.69) is 66.2 Å². The SMILES string of the molecule is CCCCC(NC(C)C)c1ccnn1-c1ccccc1. The van der Waals surface area contributed by atoms with Crippen LogP contribution < -0.4 is 5.32 Å². The lowest BCUT2D eigenvalue weighted by molar-refractivity contribution is 0.424. The highest BCUT2D eigenvalue weighted by Gasteiger charge is 2.17. The molecule has 2 rings (SSSR count). The number of benzene rings is 1. The Kier molecular flexibility index (Phi) is 5.36. The molecule has 1 atom stereocenters. The fourth-order valence-electron chi connectivity index (χ4n) is 2.49. The summed E-state index contributed by atoms with van der Waals surface area (Å²) < 4.78 is 2.05. The molecule has 0 spiro atoms. The van der Waals surface area contributed by atoms with Crippen LogP contribution in [0.2, 0.25) is 0 Å². The van der Waals surface area contributed by atoms with Crippen molar-refractivity contribution >= 4 is 0 Å². The van der Waals surface area contributed by atoms with E-state index in [4.69, 9.17) is 0 Å². The highest BCUT2D eigenvalue weighted by Crippen LogP contribution is 2.22. The Morgan fingerprint density at radius 1 is 1.15 bits per heavy atom. The van der Waals surface area contributed by atoms with Crippen LogP contribution >= 0.6 is 0 Å². The Bertz CT molecular complexity index is 502. The first-order valence-electron chi connectivity index (χ1n) is 7.57. The van der Waals surface area contributed by atoms with Crippen LogP contribution in [0.3, 0.4) is 0 Å². The van der Waals surface area contributed by atoms with Gasteiger partial charge >= 0.3 is 0 Å². The summed E-state index contributed by atoms with van der Waals surface area (Å²) in [4.78, 5) is 0. The van der Waals surface area contributed by atoms with Crippen molar-refractivity contribution in [2.45, 2.75) is 52.1 Å². The van der Waals surface area contributed by atoms with Gasteiger partial charge in [0.25, 0.3) is 0 Å². The van der Waals surface area contributed by atoms with Gasteiger partial charge in [-0.25, -0.2) is 4.68 Å². The maximum atomic E-state index is 4.50. The highest BCUT2D eigenvalue weighted by atomic mass is 15.3. The molecule has 0 aliphatic heterocycles. The quantitative estimate of drug-likeness (QED) is 0.821. The van der Waals surface area contributed by atoms with Gasteiger partial charge in [-0.1, -0.05) is 51.8 Å². The highest BCUT2D eigenvalue weighted by molar-refractivity contribution is 5.33. The van der Waals surface area contributed by atoms with Gasteiger partial charge in [-0.15, -0.1) is 0 Å². The number of para-hydroxylation sites is 1. The van der Waals surface area contributed by atoms with Crippen molar-refractivity contribution in [1.82, 2.24) is 15.1 Å². The molecular formula is C17H25N3. The molecule has 108 valence electrons. The first-order valence-corrected chi connectivity index (χ1v) is 7.57.